The van der Waals surface area contributed by atoms with Crippen LogP contribution in [-0.2, 0) is 0 Å². The number of furan rings is 1. The van der Waals surface area contributed by atoms with E-state index in [1.165, 1.54) is 54.6 Å². The third-order valence-electron chi connectivity index (χ3n) is 8.85. The normalized spacial score (nSPS) is 11.7. The Morgan fingerprint density at radius 2 is 0.744 bits per heavy atom. The quantitative estimate of drug-likeness (QED) is 0.201. The van der Waals surface area contributed by atoms with Gasteiger partial charge in [0.05, 0.1) is 0 Å². The molecule has 43 heavy (non-hydrogen) atoms. The molecule has 0 aliphatic carbocycles. The van der Waals surface area contributed by atoms with E-state index in [1.807, 2.05) is 12.1 Å². The Balaban J connectivity index is 1.17. The molecule has 200 valence electrons. The maximum atomic E-state index is 6.35. The van der Waals surface area contributed by atoms with E-state index in [-0.39, 0.29) is 0 Å². The minimum atomic E-state index is 0.921. The fraction of sp³-hybridized carbons (Fsp3) is 0. The Morgan fingerprint density at radius 1 is 0.279 bits per heavy atom. The zero-order chi connectivity index (χ0) is 28.3. The van der Waals surface area contributed by atoms with Gasteiger partial charge in [0.15, 0.2) is 0 Å². The van der Waals surface area contributed by atoms with Crippen molar-refractivity contribution in [1.29, 1.82) is 0 Å². The monoisotopic (exact) mass is 546 g/mol. The summed E-state index contributed by atoms with van der Waals surface area (Å²) in [7, 11) is 0. The first kappa shape index (κ1) is 24.0. The third-order valence-corrected chi connectivity index (χ3v) is 8.85. The molecule has 0 amide bonds. The first-order chi connectivity index (χ1) is 21.3. The summed E-state index contributed by atoms with van der Waals surface area (Å²) in [5.74, 6) is 0. The second kappa shape index (κ2) is 9.44. The highest BCUT2D eigenvalue weighted by Crippen LogP contribution is 2.39. The van der Waals surface area contributed by atoms with E-state index in [0.29, 0.717) is 0 Å². The molecule has 1 heterocycles. The summed E-state index contributed by atoms with van der Waals surface area (Å²) in [5.41, 5.74) is 8.93. The lowest BCUT2D eigenvalue weighted by molar-refractivity contribution is 0.670. The molecule has 0 fully saturated rings. The van der Waals surface area contributed by atoms with E-state index < -0.39 is 0 Å². The molecule has 0 spiro atoms. The topological polar surface area (TPSA) is 13.1 Å². The van der Waals surface area contributed by atoms with Crippen molar-refractivity contribution >= 4 is 54.3 Å². The molecule has 0 N–H and O–H groups in total. The number of benzene rings is 8. The van der Waals surface area contributed by atoms with Crippen LogP contribution >= 0.6 is 0 Å². The van der Waals surface area contributed by atoms with E-state index in [9.17, 15) is 0 Å². The summed E-state index contributed by atoms with van der Waals surface area (Å²) in [6.45, 7) is 0. The number of para-hydroxylation sites is 2. The number of hydrogen-bond donors (Lipinski definition) is 0. The van der Waals surface area contributed by atoms with Crippen LogP contribution < -0.4 is 0 Å². The minimum absolute atomic E-state index is 0.921. The van der Waals surface area contributed by atoms with Gasteiger partial charge in [-0.15, -0.1) is 0 Å². The summed E-state index contributed by atoms with van der Waals surface area (Å²) in [4.78, 5) is 0. The van der Waals surface area contributed by atoms with E-state index in [0.717, 1.165) is 33.1 Å². The van der Waals surface area contributed by atoms with Crippen molar-refractivity contribution < 1.29 is 4.42 Å². The molecule has 1 aromatic heterocycles. The fourth-order valence-electron chi connectivity index (χ4n) is 6.81. The Bertz CT molecular complexity index is 2480. The minimum Gasteiger partial charge on any atom is -0.455 e. The summed E-state index contributed by atoms with van der Waals surface area (Å²) in [5, 5.41) is 10.1. The standard InChI is InChI=1S/C42H26O/c1-2-16-35-33(14-1)34-15-3-4-17-36(34)40-26-30(22-23-37(35)40)28-11-7-10-27(24-28)29-12-8-13-31(25-29)32-19-9-20-39-38-18-5-6-21-41(38)43-42(32)39/h1-26H. The lowest BCUT2D eigenvalue weighted by Gasteiger charge is -2.13. The average molecular weight is 547 g/mol. The molecular weight excluding hydrogens is 520 g/mol. The van der Waals surface area contributed by atoms with Gasteiger partial charge in [-0.05, 0) is 84.4 Å². The maximum absolute atomic E-state index is 6.35. The summed E-state index contributed by atoms with van der Waals surface area (Å²) < 4.78 is 6.35. The van der Waals surface area contributed by atoms with Gasteiger partial charge >= 0.3 is 0 Å². The number of fused-ring (bicyclic) bond motifs is 9. The molecule has 0 radical (unpaired) electrons. The highest BCUT2D eigenvalue weighted by atomic mass is 16.3. The lowest BCUT2D eigenvalue weighted by atomic mass is 9.91. The van der Waals surface area contributed by atoms with Crippen LogP contribution in [0.15, 0.2) is 162 Å². The van der Waals surface area contributed by atoms with Crippen molar-refractivity contribution in [3.8, 4) is 33.4 Å². The second-order valence-electron chi connectivity index (χ2n) is 11.3. The van der Waals surface area contributed by atoms with Gasteiger partial charge in [-0.2, -0.15) is 0 Å². The van der Waals surface area contributed by atoms with Gasteiger partial charge in [-0.25, -0.2) is 0 Å². The first-order valence-corrected chi connectivity index (χ1v) is 14.8. The summed E-state index contributed by atoms with van der Waals surface area (Å²) in [6.07, 6.45) is 0. The molecule has 0 saturated carbocycles. The molecule has 1 heteroatoms. The van der Waals surface area contributed by atoms with Crippen molar-refractivity contribution in [2.24, 2.45) is 0 Å². The fourth-order valence-corrected chi connectivity index (χ4v) is 6.81. The SMILES string of the molecule is c1cc(-c2cccc(-c3cccc4c3oc3ccccc34)c2)cc(-c2ccc3c4ccccc4c4ccccc4c3c2)c1. The largest absolute Gasteiger partial charge is 0.455 e. The van der Waals surface area contributed by atoms with E-state index >= 15 is 0 Å². The highest BCUT2D eigenvalue weighted by molar-refractivity contribution is 6.25. The smallest absolute Gasteiger partial charge is 0.143 e. The molecule has 0 atom stereocenters. The van der Waals surface area contributed by atoms with Crippen LogP contribution in [0.1, 0.15) is 0 Å². The molecule has 9 aromatic rings. The Labute approximate surface area is 249 Å². The average Bonchev–Trinajstić information content (AvgIpc) is 3.47. The number of hydrogen-bond acceptors (Lipinski definition) is 1. The van der Waals surface area contributed by atoms with Gasteiger partial charge in [0.25, 0.3) is 0 Å². The maximum Gasteiger partial charge on any atom is 0.143 e. The predicted molar refractivity (Wildman–Crippen MR) is 183 cm³/mol. The second-order valence-corrected chi connectivity index (χ2v) is 11.3. The molecular formula is C42H26O. The molecule has 8 aromatic carbocycles. The zero-order valence-electron chi connectivity index (χ0n) is 23.4. The van der Waals surface area contributed by atoms with E-state index in [4.69, 9.17) is 4.42 Å². The van der Waals surface area contributed by atoms with Gasteiger partial charge in [-0.3, -0.25) is 0 Å². The summed E-state index contributed by atoms with van der Waals surface area (Å²) in [6, 6.07) is 56.8. The molecule has 0 unspecified atom stereocenters. The Kier molecular flexibility index (Phi) is 5.27. The van der Waals surface area contributed by atoms with Crippen LogP contribution in [0.5, 0.6) is 0 Å². The van der Waals surface area contributed by atoms with Crippen molar-refractivity contribution in [2.45, 2.75) is 0 Å². The van der Waals surface area contributed by atoms with Crippen LogP contribution in [0.25, 0.3) is 87.6 Å². The third kappa shape index (κ3) is 3.79. The van der Waals surface area contributed by atoms with Gasteiger partial charge in [0.1, 0.15) is 11.2 Å². The summed E-state index contributed by atoms with van der Waals surface area (Å²) >= 11 is 0. The van der Waals surface area contributed by atoms with Gasteiger partial charge < -0.3 is 4.42 Å². The highest BCUT2D eigenvalue weighted by Gasteiger charge is 2.13. The number of rotatable bonds is 3. The van der Waals surface area contributed by atoms with Gasteiger partial charge in [-0.1, -0.05) is 133 Å². The van der Waals surface area contributed by atoms with E-state index in [2.05, 4.69) is 146 Å². The van der Waals surface area contributed by atoms with Crippen molar-refractivity contribution in [1.82, 2.24) is 0 Å². The van der Waals surface area contributed by atoms with Crippen LogP contribution in [0.2, 0.25) is 0 Å². The van der Waals surface area contributed by atoms with Crippen LogP contribution in [0, 0.1) is 0 Å². The van der Waals surface area contributed by atoms with Gasteiger partial charge in [0, 0.05) is 16.3 Å². The van der Waals surface area contributed by atoms with E-state index in [1.54, 1.807) is 0 Å². The Morgan fingerprint density at radius 3 is 1.42 bits per heavy atom. The molecule has 0 bridgehead atoms. The van der Waals surface area contributed by atoms with Gasteiger partial charge in [0.2, 0.25) is 0 Å². The lowest BCUT2D eigenvalue weighted by Crippen LogP contribution is -1.86. The molecule has 0 aliphatic heterocycles. The van der Waals surface area contributed by atoms with Crippen LogP contribution in [0.4, 0.5) is 0 Å². The Hall–Kier alpha value is -5.66. The van der Waals surface area contributed by atoms with Crippen molar-refractivity contribution in [3.63, 3.8) is 0 Å². The van der Waals surface area contributed by atoms with Crippen LogP contribution in [0.3, 0.4) is 0 Å². The van der Waals surface area contributed by atoms with Crippen molar-refractivity contribution in [3.05, 3.63) is 158 Å². The molecule has 0 saturated heterocycles. The first-order valence-electron chi connectivity index (χ1n) is 14.8. The molecule has 1 nitrogen and oxygen atoms in total. The molecule has 0 aliphatic rings. The van der Waals surface area contributed by atoms with Crippen LogP contribution in [-0.4, -0.2) is 0 Å². The van der Waals surface area contributed by atoms with Crippen molar-refractivity contribution in [2.75, 3.05) is 0 Å². The molecule has 9 rings (SSSR count). The zero-order valence-corrected chi connectivity index (χ0v) is 23.4. The predicted octanol–water partition coefficient (Wildman–Crippen LogP) is 12.0.